The van der Waals surface area contributed by atoms with Crippen molar-refractivity contribution in [3.8, 4) is 0 Å². The Labute approximate surface area is 151 Å². The van der Waals surface area contributed by atoms with Crippen LogP contribution in [0.2, 0.25) is 0 Å². The van der Waals surface area contributed by atoms with Crippen LogP contribution in [-0.2, 0) is 7.05 Å². The normalized spacial score (nSPS) is 21.7. The van der Waals surface area contributed by atoms with Gasteiger partial charge in [0.25, 0.3) is 11.8 Å². The van der Waals surface area contributed by atoms with E-state index in [1.54, 1.807) is 7.05 Å². The minimum Gasteiger partial charge on any atom is -0.382 e. The van der Waals surface area contributed by atoms with Crippen molar-refractivity contribution in [3.05, 3.63) is 41.1 Å². The Hall–Kier alpha value is -2.90. The number of carbonyl (C=O) groups is 2. The topological polar surface area (TPSA) is 115 Å². The van der Waals surface area contributed by atoms with E-state index in [9.17, 15) is 9.59 Å². The van der Waals surface area contributed by atoms with E-state index in [0.29, 0.717) is 24.3 Å². The van der Waals surface area contributed by atoms with Crippen molar-refractivity contribution in [1.82, 2.24) is 25.6 Å². The van der Waals surface area contributed by atoms with Crippen LogP contribution >= 0.6 is 0 Å². The van der Waals surface area contributed by atoms with E-state index in [2.05, 4.69) is 27.0 Å². The van der Waals surface area contributed by atoms with Gasteiger partial charge in [0.05, 0.1) is 0 Å². The van der Waals surface area contributed by atoms with Crippen molar-refractivity contribution in [3.63, 3.8) is 0 Å². The van der Waals surface area contributed by atoms with Gasteiger partial charge < -0.3 is 16.4 Å². The van der Waals surface area contributed by atoms with Crippen molar-refractivity contribution in [2.24, 2.45) is 7.05 Å². The molecule has 2 saturated carbocycles. The summed E-state index contributed by atoms with van der Waals surface area (Å²) >= 11 is 0. The van der Waals surface area contributed by atoms with Crippen LogP contribution in [0.5, 0.6) is 0 Å². The summed E-state index contributed by atoms with van der Waals surface area (Å²) in [5.41, 5.74) is 7.84. The standard InChI is InChI=1S/C18H22N6O2/c1-24-16(19)15(22-23-24)18(26)21-14-8-13(9-14)20-17(25)12-4-2-3-11(7-12)10-5-6-10/h2-4,7,10,13-14H,5-6,8-9,19H2,1H3,(H,20,25)(H,21,26). The molecule has 0 aliphatic heterocycles. The van der Waals surface area contributed by atoms with Crippen LogP contribution < -0.4 is 16.4 Å². The summed E-state index contributed by atoms with van der Waals surface area (Å²) in [7, 11) is 1.63. The van der Waals surface area contributed by atoms with Gasteiger partial charge in [-0.1, -0.05) is 17.3 Å². The lowest BCUT2D eigenvalue weighted by molar-refractivity contribution is 0.0860. The van der Waals surface area contributed by atoms with Crippen LogP contribution in [0.1, 0.15) is 58.0 Å². The second kappa shape index (κ2) is 6.44. The molecule has 0 atom stereocenters. The number of rotatable bonds is 5. The molecule has 2 aromatic rings. The first-order valence-corrected chi connectivity index (χ1v) is 8.88. The number of nitrogens with two attached hydrogens (primary N) is 1. The van der Waals surface area contributed by atoms with E-state index >= 15 is 0 Å². The quantitative estimate of drug-likeness (QED) is 0.740. The van der Waals surface area contributed by atoms with E-state index in [1.807, 2.05) is 18.2 Å². The number of nitrogen functional groups attached to an aromatic ring is 1. The molecule has 2 fully saturated rings. The third kappa shape index (κ3) is 3.26. The molecule has 0 bridgehead atoms. The maximum Gasteiger partial charge on any atom is 0.275 e. The Morgan fingerprint density at radius 3 is 2.46 bits per heavy atom. The molecule has 1 heterocycles. The Bertz CT molecular complexity index is 851. The summed E-state index contributed by atoms with van der Waals surface area (Å²) < 4.78 is 1.36. The van der Waals surface area contributed by atoms with Crippen LogP contribution in [0, 0.1) is 0 Å². The monoisotopic (exact) mass is 354 g/mol. The number of anilines is 1. The molecule has 2 amide bonds. The van der Waals surface area contributed by atoms with Gasteiger partial charge in [0.15, 0.2) is 11.5 Å². The molecule has 26 heavy (non-hydrogen) atoms. The largest absolute Gasteiger partial charge is 0.382 e. The zero-order valence-electron chi connectivity index (χ0n) is 14.6. The lowest BCUT2D eigenvalue weighted by atomic mass is 9.86. The average molecular weight is 354 g/mol. The Morgan fingerprint density at radius 1 is 1.15 bits per heavy atom. The molecule has 1 aromatic carbocycles. The van der Waals surface area contributed by atoms with Crippen LogP contribution in [0.4, 0.5) is 5.82 Å². The van der Waals surface area contributed by atoms with Crippen molar-refractivity contribution < 1.29 is 9.59 Å². The highest BCUT2D eigenvalue weighted by molar-refractivity contribution is 5.96. The van der Waals surface area contributed by atoms with Gasteiger partial charge in [0.2, 0.25) is 0 Å². The second-order valence-electron chi connectivity index (χ2n) is 7.16. The molecule has 0 unspecified atom stereocenters. The summed E-state index contributed by atoms with van der Waals surface area (Å²) in [6.45, 7) is 0. The summed E-state index contributed by atoms with van der Waals surface area (Å²) in [5.74, 6) is 0.477. The first-order chi connectivity index (χ1) is 12.5. The lowest BCUT2D eigenvalue weighted by Gasteiger charge is -2.36. The van der Waals surface area contributed by atoms with Gasteiger partial charge >= 0.3 is 0 Å². The molecule has 0 radical (unpaired) electrons. The highest BCUT2D eigenvalue weighted by atomic mass is 16.2. The summed E-state index contributed by atoms with van der Waals surface area (Å²) in [4.78, 5) is 24.6. The smallest absolute Gasteiger partial charge is 0.275 e. The average Bonchev–Trinajstić information content (AvgIpc) is 3.39. The van der Waals surface area contributed by atoms with Crippen LogP contribution in [0.15, 0.2) is 24.3 Å². The predicted octanol–water partition coefficient (Wildman–Crippen LogP) is 0.966. The highest BCUT2D eigenvalue weighted by Gasteiger charge is 2.33. The molecule has 136 valence electrons. The zero-order valence-corrected chi connectivity index (χ0v) is 14.6. The molecule has 0 spiro atoms. The van der Waals surface area contributed by atoms with Gasteiger partial charge in [0.1, 0.15) is 0 Å². The minimum absolute atomic E-state index is 0.00649. The Balaban J connectivity index is 1.27. The Morgan fingerprint density at radius 2 is 1.85 bits per heavy atom. The van der Waals surface area contributed by atoms with Gasteiger partial charge in [-0.3, -0.25) is 9.59 Å². The van der Waals surface area contributed by atoms with E-state index in [1.165, 1.54) is 23.1 Å². The number of amides is 2. The van der Waals surface area contributed by atoms with Crippen molar-refractivity contribution in [2.75, 3.05) is 5.73 Å². The molecule has 8 heteroatoms. The van der Waals surface area contributed by atoms with Gasteiger partial charge in [-0.15, -0.1) is 5.10 Å². The van der Waals surface area contributed by atoms with Gasteiger partial charge in [0, 0.05) is 24.7 Å². The molecular weight excluding hydrogens is 332 g/mol. The molecule has 0 saturated heterocycles. The molecule has 4 rings (SSSR count). The molecule has 1 aromatic heterocycles. The fraction of sp³-hybridized carbons (Fsp3) is 0.444. The van der Waals surface area contributed by atoms with Crippen LogP contribution in [0.3, 0.4) is 0 Å². The van der Waals surface area contributed by atoms with Crippen LogP contribution in [0.25, 0.3) is 0 Å². The fourth-order valence-corrected chi connectivity index (χ4v) is 3.25. The van der Waals surface area contributed by atoms with E-state index in [0.717, 1.165) is 0 Å². The molecule has 2 aliphatic carbocycles. The number of aromatic nitrogens is 3. The van der Waals surface area contributed by atoms with Crippen molar-refractivity contribution in [2.45, 2.75) is 43.7 Å². The SMILES string of the molecule is Cn1nnc(C(=O)NC2CC(NC(=O)c3cccc(C4CC4)c3)C2)c1N. The molecule has 8 nitrogen and oxygen atoms in total. The van der Waals surface area contributed by atoms with Gasteiger partial charge in [-0.05, 0) is 49.3 Å². The maximum absolute atomic E-state index is 12.4. The summed E-state index contributed by atoms with van der Waals surface area (Å²) in [6.07, 6.45) is 3.82. The third-order valence-electron chi connectivity index (χ3n) is 5.09. The van der Waals surface area contributed by atoms with Gasteiger partial charge in [-0.2, -0.15) is 0 Å². The number of hydrogen-bond acceptors (Lipinski definition) is 5. The Kier molecular flexibility index (Phi) is 4.10. The number of carbonyl (C=O) groups excluding carboxylic acids is 2. The van der Waals surface area contributed by atoms with Crippen LogP contribution in [-0.4, -0.2) is 38.9 Å². The number of nitrogens with one attached hydrogen (secondary N) is 2. The number of nitrogens with zero attached hydrogens (tertiary/aromatic N) is 3. The van der Waals surface area contributed by atoms with E-state index < -0.39 is 0 Å². The minimum atomic E-state index is -0.331. The highest BCUT2D eigenvalue weighted by Crippen LogP contribution is 2.40. The van der Waals surface area contributed by atoms with Crippen molar-refractivity contribution >= 4 is 17.6 Å². The second-order valence-corrected chi connectivity index (χ2v) is 7.16. The van der Waals surface area contributed by atoms with E-state index in [4.69, 9.17) is 5.73 Å². The first-order valence-electron chi connectivity index (χ1n) is 8.88. The molecule has 4 N–H and O–H groups in total. The molecular formula is C18H22N6O2. The number of benzene rings is 1. The fourth-order valence-electron chi connectivity index (χ4n) is 3.25. The molecule has 2 aliphatic rings. The third-order valence-corrected chi connectivity index (χ3v) is 5.09. The number of hydrogen-bond donors (Lipinski definition) is 3. The zero-order chi connectivity index (χ0) is 18.3. The first kappa shape index (κ1) is 16.6. The summed E-state index contributed by atoms with van der Waals surface area (Å²) in [6, 6.07) is 7.93. The number of aryl methyl sites for hydroxylation is 1. The van der Waals surface area contributed by atoms with E-state index in [-0.39, 0.29) is 35.4 Å². The van der Waals surface area contributed by atoms with Gasteiger partial charge in [-0.25, -0.2) is 4.68 Å². The predicted molar refractivity (Wildman–Crippen MR) is 95.6 cm³/mol. The van der Waals surface area contributed by atoms with Crippen molar-refractivity contribution in [1.29, 1.82) is 0 Å². The lowest BCUT2D eigenvalue weighted by Crippen LogP contribution is -2.53. The maximum atomic E-state index is 12.4. The summed E-state index contributed by atoms with van der Waals surface area (Å²) in [5, 5.41) is 13.4.